The minimum Gasteiger partial charge on any atom is -0.398 e. The van der Waals surface area contributed by atoms with Gasteiger partial charge in [0, 0.05) is 5.69 Å². The number of nitrogen functional groups attached to an aromatic ring is 1. The van der Waals surface area contributed by atoms with Crippen LogP contribution in [0.15, 0.2) is 17.0 Å². The van der Waals surface area contributed by atoms with Gasteiger partial charge in [0.25, 0.3) is 10.1 Å². The molecule has 6 nitrogen and oxygen atoms in total. The van der Waals surface area contributed by atoms with E-state index in [2.05, 4.69) is 5.32 Å². The first-order valence-corrected chi connectivity index (χ1v) is 5.38. The molecule has 0 saturated heterocycles. The van der Waals surface area contributed by atoms with Crippen LogP contribution in [0, 0.1) is 6.92 Å². The molecule has 1 amide bonds. The first-order valence-electron chi connectivity index (χ1n) is 3.94. The van der Waals surface area contributed by atoms with E-state index in [-0.39, 0.29) is 10.6 Å². The van der Waals surface area contributed by atoms with E-state index in [1.165, 1.54) is 12.1 Å². The van der Waals surface area contributed by atoms with E-state index in [0.29, 0.717) is 17.7 Å². The van der Waals surface area contributed by atoms with Gasteiger partial charge in [0.15, 0.2) is 0 Å². The molecule has 0 bridgehead atoms. The molecule has 0 heterocycles. The Morgan fingerprint density at radius 1 is 1.47 bits per heavy atom. The summed E-state index contributed by atoms with van der Waals surface area (Å²) in [4.78, 5) is 9.84. The number of nitrogens with two attached hydrogens (primary N) is 1. The Kier molecular flexibility index (Phi) is 2.96. The van der Waals surface area contributed by atoms with Crippen molar-refractivity contribution in [1.82, 2.24) is 0 Å². The number of hydrogen-bond acceptors (Lipinski definition) is 4. The second kappa shape index (κ2) is 3.87. The monoisotopic (exact) mass is 230 g/mol. The SMILES string of the molecule is Cc1cc(S(=O)(=O)O)c(N)cc1NC=O. The molecule has 0 fully saturated rings. The molecule has 0 saturated carbocycles. The number of hydrogen-bond donors (Lipinski definition) is 3. The minimum atomic E-state index is -4.33. The number of benzene rings is 1. The lowest BCUT2D eigenvalue weighted by atomic mass is 10.2. The number of nitrogens with one attached hydrogen (secondary N) is 1. The Hall–Kier alpha value is -1.60. The molecule has 4 N–H and O–H groups in total. The fourth-order valence-corrected chi connectivity index (χ4v) is 1.82. The summed E-state index contributed by atoms with van der Waals surface area (Å²) < 4.78 is 30.5. The molecule has 1 aromatic rings. The molecule has 0 aliphatic rings. The fraction of sp³-hybridized carbons (Fsp3) is 0.125. The Balaban J connectivity index is 3.38. The van der Waals surface area contributed by atoms with Crippen LogP contribution in [0.25, 0.3) is 0 Å². The van der Waals surface area contributed by atoms with Crippen LogP contribution < -0.4 is 11.1 Å². The van der Waals surface area contributed by atoms with Gasteiger partial charge in [-0.15, -0.1) is 0 Å². The largest absolute Gasteiger partial charge is 0.398 e. The average molecular weight is 230 g/mol. The summed E-state index contributed by atoms with van der Waals surface area (Å²) in [5, 5.41) is 2.36. The van der Waals surface area contributed by atoms with E-state index in [1.807, 2.05) is 0 Å². The molecule has 0 atom stereocenters. The molecule has 0 spiro atoms. The lowest BCUT2D eigenvalue weighted by Gasteiger charge is -2.08. The molecule has 0 aliphatic heterocycles. The number of amides is 1. The van der Waals surface area contributed by atoms with E-state index in [9.17, 15) is 13.2 Å². The summed E-state index contributed by atoms with van der Waals surface area (Å²) in [6.45, 7) is 1.58. The summed E-state index contributed by atoms with van der Waals surface area (Å²) in [5.74, 6) is 0. The van der Waals surface area contributed by atoms with Gasteiger partial charge in [-0.1, -0.05) is 0 Å². The van der Waals surface area contributed by atoms with Crippen LogP contribution in [0.5, 0.6) is 0 Å². The number of carbonyl (C=O) groups excluding carboxylic acids is 1. The zero-order valence-electron chi connectivity index (χ0n) is 7.89. The lowest BCUT2D eigenvalue weighted by Crippen LogP contribution is -2.06. The van der Waals surface area contributed by atoms with Gasteiger partial charge in [-0.2, -0.15) is 8.42 Å². The minimum absolute atomic E-state index is 0.118. The van der Waals surface area contributed by atoms with Crippen LogP contribution >= 0.6 is 0 Å². The van der Waals surface area contributed by atoms with Crippen LogP contribution in [0.4, 0.5) is 11.4 Å². The maximum atomic E-state index is 10.9. The van der Waals surface area contributed by atoms with E-state index in [4.69, 9.17) is 10.3 Å². The number of carbonyl (C=O) groups is 1. The van der Waals surface area contributed by atoms with Gasteiger partial charge in [-0.05, 0) is 24.6 Å². The highest BCUT2D eigenvalue weighted by molar-refractivity contribution is 7.86. The van der Waals surface area contributed by atoms with Crippen LogP contribution in [0.3, 0.4) is 0 Å². The fourth-order valence-electron chi connectivity index (χ4n) is 1.14. The van der Waals surface area contributed by atoms with Crippen molar-refractivity contribution in [3.05, 3.63) is 17.7 Å². The quantitative estimate of drug-likeness (QED) is 0.395. The summed E-state index contributed by atoms with van der Waals surface area (Å²) in [7, 11) is -4.33. The van der Waals surface area contributed by atoms with Crippen molar-refractivity contribution < 1.29 is 17.8 Å². The van der Waals surface area contributed by atoms with Gasteiger partial charge in [0.05, 0.1) is 5.69 Å². The normalized spacial score (nSPS) is 11.1. The molecule has 0 unspecified atom stereocenters. The molecule has 0 aromatic heterocycles. The highest BCUT2D eigenvalue weighted by Crippen LogP contribution is 2.25. The zero-order chi connectivity index (χ0) is 11.6. The van der Waals surface area contributed by atoms with Crippen molar-refractivity contribution in [3.63, 3.8) is 0 Å². The maximum Gasteiger partial charge on any atom is 0.296 e. The average Bonchev–Trinajstić information content (AvgIpc) is 2.09. The van der Waals surface area contributed by atoms with Gasteiger partial charge in [0.2, 0.25) is 6.41 Å². The third kappa shape index (κ3) is 2.45. The van der Waals surface area contributed by atoms with Crippen molar-refractivity contribution in [2.45, 2.75) is 11.8 Å². The van der Waals surface area contributed by atoms with Crippen molar-refractivity contribution in [3.8, 4) is 0 Å². The highest BCUT2D eigenvalue weighted by atomic mass is 32.2. The zero-order valence-corrected chi connectivity index (χ0v) is 8.71. The Morgan fingerprint density at radius 3 is 2.53 bits per heavy atom. The molecule has 0 aliphatic carbocycles. The number of aryl methyl sites for hydroxylation is 1. The predicted molar refractivity (Wildman–Crippen MR) is 55.1 cm³/mol. The smallest absolute Gasteiger partial charge is 0.296 e. The molecule has 82 valence electrons. The topological polar surface area (TPSA) is 109 Å². The van der Waals surface area contributed by atoms with Crippen molar-refractivity contribution in [2.75, 3.05) is 11.1 Å². The van der Waals surface area contributed by atoms with E-state index in [1.54, 1.807) is 6.92 Å². The molecule has 1 aromatic carbocycles. The molecule has 0 radical (unpaired) electrons. The van der Waals surface area contributed by atoms with E-state index < -0.39 is 10.1 Å². The van der Waals surface area contributed by atoms with E-state index in [0.717, 1.165) is 0 Å². The van der Waals surface area contributed by atoms with Gasteiger partial charge in [-0.25, -0.2) is 0 Å². The Bertz CT molecular complexity index is 496. The van der Waals surface area contributed by atoms with Gasteiger partial charge in [0.1, 0.15) is 4.90 Å². The second-order valence-electron chi connectivity index (χ2n) is 2.94. The van der Waals surface area contributed by atoms with Crippen molar-refractivity contribution >= 4 is 27.9 Å². The van der Waals surface area contributed by atoms with E-state index >= 15 is 0 Å². The van der Waals surface area contributed by atoms with Gasteiger partial charge >= 0.3 is 0 Å². The van der Waals surface area contributed by atoms with Crippen LogP contribution in [-0.2, 0) is 14.9 Å². The molecular weight excluding hydrogens is 220 g/mol. The molecule has 7 heteroatoms. The second-order valence-corrected chi connectivity index (χ2v) is 4.33. The summed E-state index contributed by atoms with van der Waals surface area (Å²) in [6.07, 6.45) is 0.453. The maximum absolute atomic E-state index is 10.9. The molecule has 15 heavy (non-hydrogen) atoms. The Morgan fingerprint density at radius 2 is 2.07 bits per heavy atom. The standard InChI is InChI=1S/C8H10N2O4S/c1-5-2-8(15(12,13)14)6(9)3-7(5)10-4-11/h2-4H,9H2,1H3,(H,10,11)(H,12,13,14). The predicted octanol–water partition coefficient (Wildman–Crippen LogP) is 0.392. The first kappa shape index (κ1) is 11.5. The molecule has 1 rings (SSSR count). The third-order valence-electron chi connectivity index (χ3n) is 1.85. The number of rotatable bonds is 3. The summed E-state index contributed by atoms with van der Waals surface area (Å²) in [5.41, 5.74) is 6.18. The van der Waals surface area contributed by atoms with Crippen LogP contribution in [-0.4, -0.2) is 19.4 Å². The van der Waals surface area contributed by atoms with Gasteiger partial charge < -0.3 is 11.1 Å². The van der Waals surface area contributed by atoms with Gasteiger partial charge in [-0.3, -0.25) is 9.35 Å². The lowest BCUT2D eigenvalue weighted by molar-refractivity contribution is -0.105. The summed E-state index contributed by atoms with van der Waals surface area (Å²) in [6, 6.07) is 2.46. The highest BCUT2D eigenvalue weighted by Gasteiger charge is 2.15. The number of anilines is 2. The molecular formula is C8H10N2O4S. The van der Waals surface area contributed by atoms with Crippen LogP contribution in [0.1, 0.15) is 5.56 Å². The Labute approximate surface area is 86.8 Å². The summed E-state index contributed by atoms with van der Waals surface area (Å²) >= 11 is 0. The first-order chi connectivity index (χ1) is 6.86. The van der Waals surface area contributed by atoms with Crippen molar-refractivity contribution in [1.29, 1.82) is 0 Å². The van der Waals surface area contributed by atoms with Crippen molar-refractivity contribution in [2.24, 2.45) is 0 Å². The van der Waals surface area contributed by atoms with Crippen LogP contribution in [0.2, 0.25) is 0 Å². The third-order valence-corrected chi connectivity index (χ3v) is 2.76.